The predicted molar refractivity (Wildman–Crippen MR) is 106 cm³/mol. The predicted octanol–water partition coefficient (Wildman–Crippen LogP) is 1.42. The molecule has 0 bridgehead atoms. The number of aliphatic hydroxyl groups is 3. The third kappa shape index (κ3) is 4.76. The van der Waals surface area contributed by atoms with Crippen LogP contribution in [-0.2, 0) is 11.3 Å². The van der Waals surface area contributed by atoms with Gasteiger partial charge in [-0.2, -0.15) is 0 Å². The smallest absolute Gasteiger partial charge is 0.251 e. The van der Waals surface area contributed by atoms with Gasteiger partial charge in [0.2, 0.25) is 0 Å². The Hall–Kier alpha value is -2.45. The van der Waals surface area contributed by atoms with Crippen LogP contribution in [0.25, 0.3) is 0 Å². The Bertz CT molecular complexity index is 805. The number of ether oxygens (including phenoxy) is 2. The third-order valence-corrected chi connectivity index (χ3v) is 5.34. The minimum absolute atomic E-state index is 0.136. The highest BCUT2D eigenvalue weighted by Gasteiger charge is 2.42. The highest BCUT2D eigenvalue weighted by molar-refractivity contribution is 5.93. The van der Waals surface area contributed by atoms with Gasteiger partial charge in [0.1, 0.15) is 24.6 Å². The minimum atomic E-state index is -1.07. The van der Waals surface area contributed by atoms with E-state index in [1.54, 1.807) is 50.4 Å². The molecule has 0 spiro atoms. The van der Waals surface area contributed by atoms with Crippen molar-refractivity contribution in [1.29, 1.82) is 0 Å². The summed E-state index contributed by atoms with van der Waals surface area (Å²) in [7, 11) is 1.59. The first kappa shape index (κ1) is 21.3. The molecule has 0 radical (unpaired) electrons. The van der Waals surface area contributed by atoms with Crippen molar-refractivity contribution >= 4 is 5.91 Å². The van der Waals surface area contributed by atoms with E-state index in [2.05, 4.69) is 5.32 Å². The number of nitrogens with one attached hydrogen (secondary N) is 1. The molecule has 1 heterocycles. The molecular formula is C22H27NO6. The molecule has 1 saturated heterocycles. The first-order valence-electron chi connectivity index (χ1n) is 9.60. The molecule has 5 unspecified atom stereocenters. The van der Waals surface area contributed by atoms with Gasteiger partial charge in [-0.05, 0) is 35.4 Å². The van der Waals surface area contributed by atoms with E-state index in [1.807, 2.05) is 12.1 Å². The van der Waals surface area contributed by atoms with Crippen molar-refractivity contribution in [3.8, 4) is 5.75 Å². The average Bonchev–Trinajstić information content (AvgIpc) is 2.76. The fourth-order valence-electron chi connectivity index (χ4n) is 3.40. The zero-order valence-corrected chi connectivity index (χ0v) is 16.5. The lowest BCUT2D eigenvalue weighted by molar-refractivity contribution is -0.207. The molecule has 1 aliphatic rings. The van der Waals surface area contributed by atoms with Crippen molar-refractivity contribution in [3.05, 3.63) is 65.2 Å². The van der Waals surface area contributed by atoms with Crippen LogP contribution in [0, 0.1) is 5.92 Å². The molecule has 4 N–H and O–H groups in total. The lowest BCUT2D eigenvalue weighted by atomic mass is 9.86. The molecule has 0 aliphatic carbocycles. The van der Waals surface area contributed by atoms with Crippen LogP contribution in [0.1, 0.15) is 34.5 Å². The lowest BCUT2D eigenvalue weighted by Crippen LogP contribution is -2.50. The van der Waals surface area contributed by atoms with Gasteiger partial charge >= 0.3 is 0 Å². The molecule has 5 atom stereocenters. The maximum absolute atomic E-state index is 11.6. The van der Waals surface area contributed by atoms with E-state index in [0.717, 1.165) is 5.56 Å². The molecule has 156 valence electrons. The average molecular weight is 401 g/mol. The molecule has 0 aromatic heterocycles. The van der Waals surface area contributed by atoms with Crippen molar-refractivity contribution in [2.75, 3.05) is 13.7 Å². The Kier molecular flexibility index (Phi) is 6.87. The summed E-state index contributed by atoms with van der Waals surface area (Å²) >= 11 is 0. The summed E-state index contributed by atoms with van der Waals surface area (Å²) in [5.41, 5.74) is 2.21. The number of aliphatic hydroxyl groups excluding tert-OH is 3. The maximum atomic E-state index is 11.6. The van der Waals surface area contributed by atoms with Gasteiger partial charge in [0, 0.05) is 18.5 Å². The van der Waals surface area contributed by atoms with Gasteiger partial charge in [-0.1, -0.05) is 31.2 Å². The standard InChI is InChI=1S/C22H27NO6/c1-13-18(11-24)29-21(20(26)19(13)25)15-7-9-17(10-8-15)28-12-14-3-5-16(6-4-14)22(27)23-2/h3-10,13,18-21,24-26H,11-12H2,1-2H3,(H,23,27). The van der Waals surface area contributed by atoms with E-state index in [-0.39, 0.29) is 18.4 Å². The summed E-state index contributed by atoms with van der Waals surface area (Å²) in [4.78, 5) is 11.6. The van der Waals surface area contributed by atoms with E-state index in [4.69, 9.17) is 9.47 Å². The molecule has 1 amide bonds. The topological polar surface area (TPSA) is 108 Å². The van der Waals surface area contributed by atoms with Crippen LogP contribution in [0.2, 0.25) is 0 Å². The highest BCUT2D eigenvalue weighted by Crippen LogP contribution is 2.35. The van der Waals surface area contributed by atoms with Gasteiger partial charge in [-0.15, -0.1) is 0 Å². The van der Waals surface area contributed by atoms with Crippen LogP contribution in [0.3, 0.4) is 0 Å². The number of hydrogen-bond donors (Lipinski definition) is 4. The summed E-state index contributed by atoms with van der Waals surface area (Å²) in [6.07, 6.45) is -3.30. The second kappa shape index (κ2) is 9.37. The molecule has 0 saturated carbocycles. The summed E-state index contributed by atoms with van der Waals surface area (Å²) < 4.78 is 11.6. The summed E-state index contributed by atoms with van der Waals surface area (Å²) in [6.45, 7) is 1.86. The quantitative estimate of drug-likeness (QED) is 0.583. The third-order valence-electron chi connectivity index (χ3n) is 5.34. The van der Waals surface area contributed by atoms with Crippen molar-refractivity contribution in [2.45, 2.75) is 37.9 Å². The van der Waals surface area contributed by atoms with Crippen molar-refractivity contribution in [3.63, 3.8) is 0 Å². The van der Waals surface area contributed by atoms with E-state index in [9.17, 15) is 20.1 Å². The first-order valence-corrected chi connectivity index (χ1v) is 9.60. The van der Waals surface area contributed by atoms with E-state index in [0.29, 0.717) is 23.5 Å². The summed E-state index contributed by atoms with van der Waals surface area (Å²) in [5.74, 6) is 0.147. The van der Waals surface area contributed by atoms with Gasteiger partial charge in [-0.3, -0.25) is 4.79 Å². The van der Waals surface area contributed by atoms with Gasteiger partial charge in [0.15, 0.2) is 0 Å². The normalized spacial score (nSPS) is 26.7. The van der Waals surface area contributed by atoms with Crippen LogP contribution in [0.4, 0.5) is 0 Å². The SMILES string of the molecule is CNC(=O)c1ccc(COc2ccc(C3OC(CO)C(C)C(O)C3O)cc2)cc1. The fraction of sp³-hybridized carbons (Fsp3) is 0.409. The molecule has 7 nitrogen and oxygen atoms in total. The van der Waals surface area contributed by atoms with Crippen LogP contribution in [0.15, 0.2) is 48.5 Å². The largest absolute Gasteiger partial charge is 0.489 e. The van der Waals surface area contributed by atoms with Crippen LogP contribution in [0.5, 0.6) is 5.75 Å². The number of rotatable bonds is 6. The lowest BCUT2D eigenvalue weighted by Gasteiger charge is -2.41. The molecule has 3 rings (SSSR count). The van der Waals surface area contributed by atoms with E-state index in [1.165, 1.54) is 0 Å². The van der Waals surface area contributed by atoms with Crippen molar-refractivity contribution < 1.29 is 29.6 Å². The Morgan fingerprint density at radius 3 is 2.31 bits per heavy atom. The van der Waals surface area contributed by atoms with Gasteiger partial charge in [0.25, 0.3) is 5.91 Å². The second-order valence-corrected chi connectivity index (χ2v) is 7.25. The number of carbonyl (C=O) groups excluding carboxylic acids is 1. The molecule has 2 aromatic rings. The monoisotopic (exact) mass is 401 g/mol. The number of carbonyl (C=O) groups is 1. The van der Waals surface area contributed by atoms with Gasteiger partial charge in [-0.25, -0.2) is 0 Å². The Morgan fingerprint density at radius 2 is 1.72 bits per heavy atom. The number of benzene rings is 2. The zero-order chi connectivity index (χ0) is 21.0. The minimum Gasteiger partial charge on any atom is -0.489 e. The van der Waals surface area contributed by atoms with E-state index >= 15 is 0 Å². The molecule has 2 aromatic carbocycles. The summed E-state index contributed by atoms with van der Waals surface area (Å²) in [5, 5.41) is 32.6. The van der Waals surface area contributed by atoms with Crippen LogP contribution in [-0.4, -0.2) is 53.2 Å². The fourth-order valence-corrected chi connectivity index (χ4v) is 3.40. The van der Waals surface area contributed by atoms with Gasteiger partial charge in [0.05, 0.1) is 18.8 Å². The molecule has 29 heavy (non-hydrogen) atoms. The van der Waals surface area contributed by atoms with Crippen LogP contribution < -0.4 is 10.1 Å². The Balaban J connectivity index is 1.62. The number of hydrogen-bond acceptors (Lipinski definition) is 6. The number of amides is 1. The van der Waals surface area contributed by atoms with Crippen LogP contribution >= 0.6 is 0 Å². The summed E-state index contributed by atoms with van der Waals surface area (Å²) in [6, 6.07) is 14.2. The second-order valence-electron chi connectivity index (χ2n) is 7.25. The maximum Gasteiger partial charge on any atom is 0.251 e. The molecule has 7 heteroatoms. The van der Waals surface area contributed by atoms with E-state index < -0.39 is 24.4 Å². The Labute approximate surface area is 169 Å². The first-order chi connectivity index (χ1) is 13.9. The zero-order valence-electron chi connectivity index (χ0n) is 16.5. The highest BCUT2D eigenvalue weighted by atomic mass is 16.5. The molecule has 1 aliphatic heterocycles. The Morgan fingerprint density at radius 1 is 1.07 bits per heavy atom. The van der Waals surface area contributed by atoms with Crippen molar-refractivity contribution in [2.24, 2.45) is 5.92 Å². The molecule has 1 fully saturated rings. The van der Waals surface area contributed by atoms with Gasteiger partial charge < -0.3 is 30.1 Å². The van der Waals surface area contributed by atoms with Crippen molar-refractivity contribution in [1.82, 2.24) is 5.32 Å². The molecular weight excluding hydrogens is 374 g/mol.